The van der Waals surface area contributed by atoms with Gasteiger partial charge >= 0.3 is 0 Å². The second-order valence-electron chi connectivity index (χ2n) is 4.29. The van der Waals surface area contributed by atoms with Crippen molar-refractivity contribution in [1.29, 1.82) is 0 Å². The lowest BCUT2D eigenvalue weighted by Crippen LogP contribution is -2.03. The van der Waals surface area contributed by atoms with Crippen LogP contribution in [0.4, 0.5) is 0 Å². The van der Waals surface area contributed by atoms with Crippen LogP contribution in [0, 0.1) is 0 Å². The molecule has 6 nitrogen and oxygen atoms in total. The van der Waals surface area contributed by atoms with E-state index in [1.54, 1.807) is 0 Å². The summed E-state index contributed by atoms with van der Waals surface area (Å²) in [5, 5.41) is 3.83. The van der Waals surface area contributed by atoms with Gasteiger partial charge in [-0.25, -0.2) is 0 Å². The van der Waals surface area contributed by atoms with Crippen LogP contribution in [-0.2, 0) is 19.6 Å². The van der Waals surface area contributed by atoms with Gasteiger partial charge in [0, 0.05) is 13.0 Å². The predicted molar refractivity (Wildman–Crippen MR) is 81.2 cm³/mol. The molecule has 0 fully saturated rings. The normalized spacial score (nSPS) is 10.7. The lowest BCUT2D eigenvalue weighted by atomic mass is 10.2. The van der Waals surface area contributed by atoms with E-state index in [2.05, 4.69) is 26.1 Å². The Bertz CT molecular complexity index is 601. The van der Waals surface area contributed by atoms with Crippen LogP contribution in [0.3, 0.4) is 0 Å². The zero-order valence-corrected chi connectivity index (χ0v) is 13.6. The topological polar surface area (TPSA) is 83.4 Å². The Morgan fingerprint density at radius 2 is 2.10 bits per heavy atom. The lowest BCUT2D eigenvalue weighted by Gasteiger charge is -2.14. The van der Waals surface area contributed by atoms with Gasteiger partial charge < -0.3 is 19.7 Å². The second-order valence-corrected chi connectivity index (χ2v) is 5.14. The Labute approximate surface area is 131 Å². The van der Waals surface area contributed by atoms with Crippen LogP contribution >= 0.6 is 15.9 Å². The molecule has 2 rings (SSSR count). The predicted octanol–water partition coefficient (Wildman–Crippen LogP) is 2.83. The minimum atomic E-state index is 0.188. The number of aromatic nitrogens is 2. The quantitative estimate of drug-likeness (QED) is 0.821. The van der Waals surface area contributed by atoms with E-state index in [4.69, 9.17) is 19.7 Å². The van der Waals surface area contributed by atoms with Gasteiger partial charge in [-0.1, -0.05) is 12.1 Å². The second kappa shape index (κ2) is 7.42. The van der Waals surface area contributed by atoms with Gasteiger partial charge in [0.1, 0.15) is 0 Å². The van der Waals surface area contributed by atoms with Crippen LogP contribution in [0.2, 0.25) is 0 Å². The number of ether oxygens (including phenoxy) is 2. The highest BCUT2D eigenvalue weighted by Gasteiger charge is 2.14. The molecule has 7 heteroatoms. The highest BCUT2D eigenvalue weighted by atomic mass is 79.9. The average molecular weight is 356 g/mol. The largest absolute Gasteiger partial charge is 0.490 e. The summed E-state index contributed by atoms with van der Waals surface area (Å²) in [4.78, 5) is 4.20. The number of benzene rings is 1. The number of halogens is 1. The molecule has 1 aromatic carbocycles. The van der Waals surface area contributed by atoms with Crippen molar-refractivity contribution in [3.8, 4) is 11.5 Å². The van der Waals surface area contributed by atoms with Crippen LogP contribution in [-0.4, -0.2) is 16.7 Å². The minimum Gasteiger partial charge on any atom is -0.490 e. The maximum absolute atomic E-state index is 5.75. The fourth-order valence-corrected chi connectivity index (χ4v) is 2.37. The van der Waals surface area contributed by atoms with Crippen molar-refractivity contribution in [1.82, 2.24) is 10.1 Å². The molecule has 0 atom stereocenters. The summed E-state index contributed by atoms with van der Waals surface area (Å²) in [5.41, 5.74) is 6.63. The van der Waals surface area contributed by atoms with Crippen molar-refractivity contribution in [2.45, 2.75) is 33.4 Å². The fraction of sp³-hybridized carbons (Fsp3) is 0.429. The molecule has 0 aliphatic carbocycles. The van der Waals surface area contributed by atoms with Crippen molar-refractivity contribution in [2.24, 2.45) is 5.73 Å². The first-order valence-electron chi connectivity index (χ1n) is 6.77. The lowest BCUT2D eigenvalue weighted by molar-refractivity contribution is 0.226. The zero-order chi connectivity index (χ0) is 15.2. The highest BCUT2D eigenvalue weighted by Crippen LogP contribution is 2.37. The van der Waals surface area contributed by atoms with Gasteiger partial charge in [-0.05, 0) is 40.5 Å². The van der Waals surface area contributed by atoms with E-state index in [0.717, 1.165) is 16.5 Å². The summed E-state index contributed by atoms with van der Waals surface area (Å²) < 4.78 is 17.2. The van der Waals surface area contributed by atoms with Crippen LogP contribution in [0.25, 0.3) is 0 Å². The zero-order valence-electron chi connectivity index (χ0n) is 12.1. The van der Waals surface area contributed by atoms with Gasteiger partial charge in [-0.3, -0.25) is 0 Å². The Hall–Kier alpha value is -1.60. The Balaban J connectivity index is 2.17. The van der Waals surface area contributed by atoms with Gasteiger partial charge in [-0.2, -0.15) is 4.98 Å². The first kappa shape index (κ1) is 15.8. The Morgan fingerprint density at radius 1 is 1.29 bits per heavy atom. The Morgan fingerprint density at radius 3 is 2.71 bits per heavy atom. The molecule has 2 N–H and O–H groups in total. The van der Waals surface area contributed by atoms with Crippen LogP contribution < -0.4 is 15.2 Å². The van der Waals surface area contributed by atoms with E-state index in [1.807, 2.05) is 26.0 Å². The summed E-state index contributed by atoms with van der Waals surface area (Å²) in [6, 6.07) is 3.78. The molecule has 0 saturated heterocycles. The maximum atomic E-state index is 5.75. The van der Waals surface area contributed by atoms with E-state index >= 15 is 0 Å². The molecule has 114 valence electrons. The number of nitrogens with two attached hydrogens (primary N) is 1. The third-order valence-electron chi connectivity index (χ3n) is 2.77. The monoisotopic (exact) mass is 355 g/mol. The molecule has 0 spiro atoms. The third-order valence-corrected chi connectivity index (χ3v) is 3.36. The number of hydrogen-bond acceptors (Lipinski definition) is 6. The SMILES string of the molecule is CCOc1cc(CN)cc(Br)c1OCc1nc(CC)no1. The van der Waals surface area contributed by atoms with Crippen molar-refractivity contribution in [2.75, 3.05) is 6.61 Å². The van der Waals surface area contributed by atoms with Crippen molar-refractivity contribution in [3.05, 3.63) is 33.9 Å². The fourth-order valence-electron chi connectivity index (χ4n) is 1.77. The molecule has 21 heavy (non-hydrogen) atoms. The number of nitrogens with zero attached hydrogens (tertiary/aromatic N) is 2. The molecule has 1 aromatic heterocycles. The smallest absolute Gasteiger partial charge is 0.264 e. The molecule has 2 aromatic rings. The molecule has 0 radical (unpaired) electrons. The van der Waals surface area contributed by atoms with Gasteiger partial charge in [0.15, 0.2) is 23.9 Å². The summed E-state index contributed by atoms with van der Waals surface area (Å²) in [6.45, 7) is 5.04. The van der Waals surface area contributed by atoms with E-state index in [0.29, 0.717) is 36.4 Å². The minimum absolute atomic E-state index is 0.188. The maximum Gasteiger partial charge on any atom is 0.264 e. The van der Waals surface area contributed by atoms with E-state index < -0.39 is 0 Å². The first-order chi connectivity index (χ1) is 10.2. The molecular formula is C14H18BrN3O3. The van der Waals surface area contributed by atoms with Gasteiger partial charge in [0.25, 0.3) is 5.89 Å². The van der Waals surface area contributed by atoms with Crippen molar-refractivity contribution >= 4 is 15.9 Å². The van der Waals surface area contributed by atoms with Crippen LogP contribution in [0.15, 0.2) is 21.1 Å². The Kier molecular flexibility index (Phi) is 5.58. The third kappa shape index (κ3) is 3.95. The first-order valence-corrected chi connectivity index (χ1v) is 7.56. The van der Waals surface area contributed by atoms with E-state index in [-0.39, 0.29) is 6.61 Å². The van der Waals surface area contributed by atoms with Gasteiger partial charge in [0.05, 0.1) is 11.1 Å². The molecular weight excluding hydrogens is 338 g/mol. The van der Waals surface area contributed by atoms with E-state index in [9.17, 15) is 0 Å². The molecule has 0 aliphatic heterocycles. The van der Waals surface area contributed by atoms with Crippen LogP contribution in [0.1, 0.15) is 31.1 Å². The number of rotatable bonds is 7. The van der Waals surface area contributed by atoms with Crippen LogP contribution in [0.5, 0.6) is 11.5 Å². The molecule has 0 bridgehead atoms. The molecule has 0 amide bonds. The molecule has 0 saturated carbocycles. The van der Waals surface area contributed by atoms with Crippen molar-refractivity contribution in [3.63, 3.8) is 0 Å². The summed E-state index contributed by atoms with van der Waals surface area (Å²) in [5.74, 6) is 2.34. The molecule has 1 heterocycles. The summed E-state index contributed by atoms with van der Waals surface area (Å²) >= 11 is 3.47. The molecule has 0 aliphatic rings. The standard InChI is InChI=1S/C14H18BrN3O3/c1-3-12-17-13(21-18-12)8-20-14-10(15)5-9(7-16)6-11(14)19-4-2/h5-6H,3-4,7-8,16H2,1-2H3. The van der Waals surface area contributed by atoms with E-state index in [1.165, 1.54) is 0 Å². The van der Waals surface area contributed by atoms with Gasteiger partial charge in [-0.15, -0.1) is 0 Å². The highest BCUT2D eigenvalue weighted by molar-refractivity contribution is 9.10. The average Bonchev–Trinajstić information content (AvgIpc) is 2.94. The number of hydrogen-bond donors (Lipinski definition) is 1. The van der Waals surface area contributed by atoms with Gasteiger partial charge in [0.2, 0.25) is 0 Å². The van der Waals surface area contributed by atoms with Crippen molar-refractivity contribution < 1.29 is 14.0 Å². The number of aryl methyl sites for hydroxylation is 1. The summed E-state index contributed by atoms with van der Waals surface area (Å²) in [7, 11) is 0. The molecule has 0 unspecified atom stereocenters. The summed E-state index contributed by atoms with van der Waals surface area (Å²) in [6.07, 6.45) is 0.725.